The van der Waals surface area contributed by atoms with E-state index in [-0.39, 0.29) is 11.7 Å². The fourth-order valence-electron chi connectivity index (χ4n) is 1.20. The molecule has 0 fully saturated rings. The Labute approximate surface area is 102 Å². The molecule has 0 aliphatic heterocycles. The van der Waals surface area contributed by atoms with Crippen LogP contribution in [0.1, 0.15) is 15.2 Å². The molecular weight excluding hydrogens is 236 g/mol. The van der Waals surface area contributed by atoms with Crippen LogP contribution in [-0.4, -0.2) is 17.2 Å². The Morgan fingerprint density at radius 3 is 2.71 bits per heavy atom. The van der Waals surface area contributed by atoms with E-state index in [2.05, 4.69) is 10.5 Å². The zero-order valence-electron chi connectivity index (χ0n) is 8.83. The fourth-order valence-corrected chi connectivity index (χ4v) is 1.78. The molecule has 1 heterocycles. The van der Waals surface area contributed by atoms with Gasteiger partial charge >= 0.3 is 0 Å². The molecule has 0 saturated carbocycles. The van der Waals surface area contributed by atoms with Gasteiger partial charge in [-0.05, 0) is 35.7 Å². The number of phenols is 1. The average Bonchev–Trinajstić information content (AvgIpc) is 2.83. The highest BCUT2D eigenvalue weighted by Crippen LogP contribution is 2.09. The van der Waals surface area contributed by atoms with Gasteiger partial charge in [0, 0.05) is 10.4 Å². The SMILES string of the molecule is O=C(NN=Cc1cccs1)c1ccc(O)cc1. The quantitative estimate of drug-likeness (QED) is 0.644. The number of hydrogen-bond acceptors (Lipinski definition) is 4. The summed E-state index contributed by atoms with van der Waals surface area (Å²) in [5.41, 5.74) is 2.86. The summed E-state index contributed by atoms with van der Waals surface area (Å²) in [5, 5.41) is 14.8. The lowest BCUT2D eigenvalue weighted by molar-refractivity contribution is 0.0955. The summed E-state index contributed by atoms with van der Waals surface area (Å²) in [5.74, 6) is -0.179. The Morgan fingerprint density at radius 2 is 2.06 bits per heavy atom. The second kappa shape index (κ2) is 5.27. The number of phenolic OH excluding ortho intramolecular Hbond substituents is 1. The van der Waals surface area contributed by atoms with E-state index >= 15 is 0 Å². The minimum atomic E-state index is -0.308. The molecule has 0 bridgehead atoms. The van der Waals surface area contributed by atoms with Crippen molar-refractivity contribution in [3.05, 3.63) is 52.2 Å². The number of thiophene rings is 1. The van der Waals surface area contributed by atoms with E-state index in [1.165, 1.54) is 35.6 Å². The third-order valence-corrected chi connectivity index (χ3v) is 2.84. The highest BCUT2D eigenvalue weighted by Gasteiger charge is 2.02. The van der Waals surface area contributed by atoms with Gasteiger partial charge in [0.25, 0.3) is 5.91 Å². The highest BCUT2D eigenvalue weighted by atomic mass is 32.1. The van der Waals surface area contributed by atoms with Crippen LogP contribution in [0.4, 0.5) is 0 Å². The lowest BCUT2D eigenvalue weighted by Gasteiger charge is -1.99. The number of amides is 1. The molecule has 2 aromatic rings. The Bertz CT molecular complexity index is 518. The summed E-state index contributed by atoms with van der Waals surface area (Å²) in [6.07, 6.45) is 1.59. The first-order valence-corrected chi connectivity index (χ1v) is 5.79. The van der Waals surface area contributed by atoms with Crippen LogP contribution in [0.25, 0.3) is 0 Å². The summed E-state index contributed by atoms with van der Waals surface area (Å²) in [6, 6.07) is 9.79. The van der Waals surface area contributed by atoms with Crippen molar-refractivity contribution in [1.29, 1.82) is 0 Å². The summed E-state index contributed by atoms with van der Waals surface area (Å²) >= 11 is 1.54. The monoisotopic (exact) mass is 246 g/mol. The van der Waals surface area contributed by atoms with Gasteiger partial charge in [-0.1, -0.05) is 6.07 Å². The number of hydrogen-bond donors (Lipinski definition) is 2. The van der Waals surface area contributed by atoms with Crippen LogP contribution in [-0.2, 0) is 0 Å². The molecule has 0 aliphatic carbocycles. The number of hydrazone groups is 1. The average molecular weight is 246 g/mol. The number of nitrogens with zero attached hydrogens (tertiary/aromatic N) is 1. The Balaban J connectivity index is 1.96. The van der Waals surface area contributed by atoms with Gasteiger partial charge in [0.15, 0.2) is 0 Å². The Kier molecular flexibility index (Phi) is 3.52. The molecule has 0 saturated heterocycles. The summed E-state index contributed by atoms with van der Waals surface area (Å²) < 4.78 is 0. The first-order valence-electron chi connectivity index (χ1n) is 4.91. The van der Waals surface area contributed by atoms with Gasteiger partial charge in [-0.2, -0.15) is 5.10 Å². The van der Waals surface area contributed by atoms with Crippen LogP contribution in [0.2, 0.25) is 0 Å². The molecule has 0 atom stereocenters. The van der Waals surface area contributed by atoms with Gasteiger partial charge in [0.05, 0.1) is 6.21 Å². The number of carbonyl (C=O) groups is 1. The molecular formula is C12H10N2O2S. The van der Waals surface area contributed by atoms with Crippen molar-refractivity contribution in [2.24, 2.45) is 5.10 Å². The van der Waals surface area contributed by atoms with Crippen LogP contribution in [0.5, 0.6) is 5.75 Å². The standard InChI is InChI=1S/C12H10N2O2S/c15-10-5-3-9(4-6-10)12(16)14-13-8-11-2-1-7-17-11/h1-8,15H,(H,14,16). The lowest BCUT2D eigenvalue weighted by atomic mass is 10.2. The molecule has 2 rings (SSSR count). The first-order chi connectivity index (χ1) is 8.25. The van der Waals surface area contributed by atoms with Crippen LogP contribution >= 0.6 is 11.3 Å². The molecule has 2 N–H and O–H groups in total. The molecule has 1 aromatic carbocycles. The van der Waals surface area contributed by atoms with Crippen molar-refractivity contribution in [2.75, 3.05) is 0 Å². The van der Waals surface area contributed by atoms with E-state index in [0.717, 1.165) is 4.88 Å². The number of carbonyl (C=O) groups excluding carboxylic acids is 1. The summed E-state index contributed by atoms with van der Waals surface area (Å²) in [7, 11) is 0. The normalized spacial score (nSPS) is 10.6. The zero-order valence-corrected chi connectivity index (χ0v) is 9.65. The third kappa shape index (κ3) is 3.15. The molecule has 0 spiro atoms. The van der Waals surface area contributed by atoms with Gasteiger partial charge in [-0.25, -0.2) is 5.43 Å². The van der Waals surface area contributed by atoms with E-state index < -0.39 is 0 Å². The smallest absolute Gasteiger partial charge is 0.271 e. The number of rotatable bonds is 3. The molecule has 4 nitrogen and oxygen atoms in total. The number of nitrogens with one attached hydrogen (secondary N) is 1. The molecule has 0 radical (unpaired) electrons. The summed E-state index contributed by atoms with van der Waals surface area (Å²) in [4.78, 5) is 12.5. The van der Waals surface area contributed by atoms with E-state index in [9.17, 15) is 4.79 Å². The molecule has 0 aliphatic rings. The van der Waals surface area contributed by atoms with E-state index in [1.54, 1.807) is 6.21 Å². The van der Waals surface area contributed by atoms with Crippen LogP contribution in [0.15, 0.2) is 46.9 Å². The van der Waals surface area contributed by atoms with Crippen LogP contribution in [0.3, 0.4) is 0 Å². The van der Waals surface area contributed by atoms with Gasteiger partial charge < -0.3 is 5.11 Å². The van der Waals surface area contributed by atoms with E-state index in [1.807, 2.05) is 17.5 Å². The highest BCUT2D eigenvalue weighted by molar-refractivity contribution is 7.11. The third-order valence-electron chi connectivity index (χ3n) is 2.03. The number of aromatic hydroxyl groups is 1. The van der Waals surface area contributed by atoms with E-state index in [4.69, 9.17) is 5.11 Å². The van der Waals surface area contributed by atoms with Crippen molar-refractivity contribution < 1.29 is 9.90 Å². The Hall–Kier alpha value is -2.14. The number of benzene rings is 1. The molecule has 17 heavy (non-hydrogen) atoms. The van der Waals surface area contributed by atoms with Gasteiger partial charge in [0.2, 0.25) is 0 Å². The van der Waals surface area contributed by atoms with Crippen molar-refractivity contribution in [2.45, 2.75) is 0 Å². The second-order valence-corrected chi connectivity index (χ2v) is 4.24. The fraction of sp³-hybridized carbons (Fsp3) is 0. The first kappa shape index (κ1) is 11.3. The minimum Gasteiger partial charge on any atom is -0.508 e. The summed E-state index contributed by atoms with van der Waals surface area (Å²) in [6.45, 7) is 0. The van der Waals surface area contributed by atoms with Gasteiger partial charge in [-0.3, -0.25) is 4.79 Å². The zero-order chi connectivity index (χ0) is 12.1. The minimum absolute atomic E-state index is 0.128. The largest absolute Gasteiger partial charge is 0.508 e. The maximum atomic E-state index is 11.6. The predicted octanol–water partition coefficient (Wildman–Crippen LogP) is 2.22. The van der Waals surface area contributed by atoms with Crippen molar-refractivity contribution >= 4 is 23.5 Å². The molecule has 86 valence electrons. The molecule has 1 aromatic heterocycles. The Morgan fingerprint density at radius 1 is 1.29 bits per heavy atom. The second-order valence-electron chi connectivity index (χ2n) is 3.26. The van der Waals surface area contributed by atoms with Crippen molar-refractivity contribution in [3.8, 4) is 5.75 Å². The van der Waals surface area contributed by atoms with Gasteiger partial charge in [0.1, 0.15) is 5.75 Å². The topological polar surface area (TPSA) is 61.7 Å². The van der Waals surface area contributed by atoms with Crippen molar-refractivity contribution in [3.63, 3.8) is 0 Å². The molecule has 0 unspecified atom stereocenters. The van der Waals surface area contributed by atoms with Crippen molar-refractivity contribution in [1.82, 2.24) is 5.43 Å². The lowest BCUT2D eigenvalue weighted by Crippen LogP contribution is -2.17. The molecule has 1 amide bonds. The molecule has 5 heteroatoms. The maximum absolute atomic E-state index is 11.6. The van der Waals surface area contributed by atoms with Crippen LogP contribution < -0.4 is 5.43 Å². The van der Waals surface area contributed by atoms with E-state index in [0.29, 0.717) is 5.56 Å². The predicted molar refractivity (Wildman–Crippen MR) is 67.5 cm³/mol. The van der Waals surface area contributed by atoms with Gasteiger partial charge in [-0.15, -0.1) is 11.3 Å². The van der Waals surface area contributed by atoms with Crippen LogP contribution in [0, 0.1) is 0 Å². The maximum Gasteiger partial charge on any atom is 0.271 e.